The van der Waals surface area contributed by atoms with E-state index in [0.717, 1.165) is 0 Å². The normalized spacial score (nSPS) is 17.0. The molecule has 0 aromatic heterocycles. The molecular formula is C24H24Zr. The Kier molecular flexibility index (Phi) is 4.61. The van der Waals surface area contributed by atoms with E-state index in [2.05, 4.69) is 111 Å². The molecule has 124 valence electrons. The van der Waals surface area contributed by atoms with Crippen LogP contribution < -0.4 is 6.54 Å². The average molecular weight is 404 g/mol. The molecule has 0 radical (unpaired) electrons. The Hall–Kier alpha value is -1.72. The predicted molar refractivity (Wildman–Crippen MR) is 106 cm³/mol. The first kappa shape index (κ1) is 16.7. The third-order valence-corrected chi connectivity index (χ3v) is 18.8. The fourth-order valence-corrected chi connectivity index (χ4v) is 18.3. The van der Waals surface area contributed by atoms with Gasteiger partial charge in [0.05, 0.1) is 0 Å². The molecule has 0 aliphatic heterocycles. The number of hydrogen-bond donors (Lipinski definition) is 0. The van der Waals surface area contributed by atoms with E-state index < -0.39 is 20.3 Å². The Morgan fingerprint density at radius 1 is 0.600 bits per heavy atom. The van der Waals surface area contributed by atoms with Crippen LogP contribution in [0.5, 0.6) is 0 Å². The van der Waals surface area contributed by atoms with Crippen LogP contribution in [0.15, 0.2) is 97.1 Å². The maximum absolute atomic E-state index is 3.10. The minimum atomic E-state index is -3.10. The van der Waals surface area contributed by atoms with Crippen LogP contribution in [0.2, 0.25) is 7.25 Å². The summed E-state index contributed by atoms with van der Waals surface area (Å²) >= 11 is -3.10. The monoisotopic (exact) mass is 402 g/mol. The second-order valence-corrected chi connectivity index (χ2v) is 17.6. The van der Waals surface area contributed by atoms with Crippen LogP contribution in [-0.4, -0.2) is 0 Å². The number of benzene rings is 2. The maximum atomic E-state index is 2.46. The van der Waals surface area contributed by atoms with Gasteiger partial charge in [0.15, 0.2) is 0 Å². The molecule has 2 aromatic carbocycles. The van der Waals surface area contributed by atoms with Gasteiger partial charge >= 0.3 is 156 Å². The Bertz CT molecular complexity index is 798. The van der Waals surface area contributed by atoms with Gasteiger partial charge in [0.25, 0.3) is 0 Å². The number of hydrogen-bond acceptors (Lipinski definition) is 0. The van der Waals surface area contributed by atoms with Crippen LogP contribution in [0.1, 0.15) is 11.1 Å². The summed E-state index contributed by atoms with van der Waals surface area (Å²) in [7, 11) is 0. The standard InChI is InChI=1S/2C7H7.2C5H5.Zr/c2*1-7-5-3-2-4-6-7;2*1-2-4-5-3-1;/h2*2-3,5-6H,1H3;2*1-5H;. The fourth-order valence-electron chi connectivity index (χ4n) is 4.43. The summed E-state index contributed by atoms with van der Waals surface area (Å²) < 4.78 is 4.30. The first-order valence-electron chi connectivity index (χ1n) is 9.05. The van der Waals surface area contributed by atoms with E-state index in [4.69, 9.17) is 0 Å². The molecule has 25 heavy (non-hydrogen) atoms. The van der Waals surface area contributed by atoms with Crippen molar-refractivity contribution in [3.63, 3.8) is 0 Å². The van der Waals surface area contributed by atoms with E-state index in [1.807, 2.05) is 0 Å². The SMILES string of the molecule is Cc1ccc[c]([Zr]([c]2cccc(C)c2)([CH]2C=CC=C2)[CH]2C=CC=C2)c1. The zero-order valence-electron chi connectivity index (χ0n) is 14.9. The molecule has 0 heterocycles. The Morgan fingerprint density at radius 2 is 1.00 bits per heavy atom. The number of aryl methyl sites for hydroxylation is 2. The second kappa shape index (κ2) is 6.89. The summed E-state index contributed by atoms with van der Waals surface area (Å²) in [6.07, 6.45) is 18.7. The topological polar surface area (TPSA) is 0 Å². The van der Waals surface area contributed by atoms with Crippen molar-refractivity contribution in [3.8, 4) is 0 Å². The van der Waals surface area contributed by atoms with E-state index in [1.165, 1.54) is 11.1 Å². The van der Waals surface area contributed by atoms with Crippen molar-refractivity contribution in [2.45, 2.75) is 21.1 Å². The van der Waals surface area contributed by atoms with Crippen molar-refractivity contribution in [2.24, 2.45) is 0 Å². The molecule has 4 rings (SSSR count). The molecule has 2 aliphatic carbocycles. The fraction of sp³-hybridized carbons (Fsp3) is 0.167. The Balaban J connectivity index is 2.04. The third-order valence-electron chi connectivity index (χ3n) is 5.54. The molecule has 0 fully saturated rings. The molecule has 0 unspecified atom stereocenters. The van der Waals surface area contributed by atoms with E-state index >= 15 is 0 Å². The van der Waals surface area contributed by atoms with Gasteiger partial charge in [-0.2, -0.15) is 0 Å². The first-order chi connectivity index (χ1) is 12.2. The van der Waals surface area contributed by atoms with E-state index in [9.17, 15) is 0 Å². The van der Waals surface area contributed by atoms with Gasteiger partial charge in [0.2, 0.25) is 0 Å². The number of allylic oxidation sites excluding steroid dienone is 8. The molecule has 0 atom stereocenters. The molecule has 2 aromatic rings. The Morgan fingerprint density at radius 3 is 1.36 bits per heavy atom. The van der Waals surface area contributed by atoms with Crippen LogP contribution in [0, 0.1) is 13.8 Å². The third kappa shape index (κ3) is 2.89. The first-order valence-corrected chi connectivity index (χ1v) is 14.3. The molecule has 0 nitrogen and oxygen atoms in total. The second-order valence-electron chi connectivity index (χ2n) is 7.20. The van der Waals surface area contributed by atoms with Gasteiger partial charge in [0.1, 0.15) is 0 Å². The van der Waals surface area contributed by atoms with Crippen molar-refractivity contribution >= 4 is 6.54 Å². The molecule has 0 saturated heterocycles. The van der Waals surface area contributed by atoms with Crippen molar-refractivity contribution in [2.75, 3.05) is 0 Å². The van der Waals surface area contributed by atoms with Crippen molar-refractivity contribution in [1.82, 2.24) is 0 Å². The van der Waals surface area contributed by atoms with Gasteiger partial charge in [-0.25, -0.2) is 0 Å². The van der Waals surface area contributed by atoms with Gasteiger partial charge in [-0.1, -0.05) is 0 Å². The zero-order chi connectivity index (χ0) is 17.3. The van der Waals surface area contributed by atoms with Crippen LogP contribution >= 0.6 is 0 Å². The summed E-state index contributed by atoms with van der Waals surface area (Å²) in [4.78, 5) is 0. The molecule has 0 N–H and O–H groups in total. The van der Waals surface area contributed by atoms with Gasteiger partial charge in [-0.15, -0.1) is 0 Å². The summed E-state index contributed by atoms with van der Waals surface area (Å²) in [6.45, 7) is 4.44. The van der Waals surface area contributed by atoms with Gasteiger partial charge in [-0.3, -0.25) is 0 Å². The van der Waals surface area contributed by atoms with Crippen LogP contribution in [-0.2, 0) is 20.3 Å². The Labute approximate surface area is 155 Å². The van der Waals surface area contributed by atoms with Gasteiger partial charge < -0.3 is 0 Å². The van der Waals surface area contributed by atoms with Gasteiger partial charge in [0, 0.05) is 0 Å². The summed E-state index contributed by atoms with van der Waals surface area (Å²) in [5.41, 5.74) is 2.73. The summed E-state index contributed by atoms with van der Waals surface area (Å²) in [6, 6.07) is 18.6. The molecule has 1 heteroatoms. The van der Waals surface area contributed by atoms with Gasteiger partial charge in [-0.05, 0) is 0 Å². The zero-order valence-corrected chi connectivity index (χ0v) is 17.4. The summed E-state index contributed by atoms with van der Waals surface area (Å²) in [5, 5.41) is 0. The molecule has 0 amide bonds. The minimum absolute atomic E-state index is 0.551. The molecule has 0 spiro atoms. The van der Waals surface area contributed by atoms with Crippen molar-refractivity contribution in [3.05, 3.63) is 108 Å². The van der Waals surface area contributed by atoms with Crippen LogP contribution in [0.3, 0.4) is 0 Å². The van der Waals surface area contributed by atoms with E-state index in [1.54, 1.807) is 6.54 Å². The van der Waals surface area contributed by atoms with E-state index in [0.29, 0.717) is 7.25 Å². The molecule has 2 aliphatic rings. The molecule has 0 saturated carbocycles. The summed E-state index contributed by atoms with van der Waals surface area (Å²) in [5.74, 6) is 0. The quantitative estimate of drug-likeness (QED) is 0.655. The predicted octanol–water partition coefficient (Wildman–Crippen LogP) is 5.24. The van der Waals surface area contributed by atoms with Crippen molar-refractivity contribution in [1.29, 1.82) is 0 Å². The van der Waals surface area contributed by atoms with Crippen LogP contribution in [0.25, 0.3) is 0 Å². The van der Waals surface area contributed by atoms with E-state index in [-0.39, 0.29) is 0 Å². The van der Waals surface area contributed by atoms with Crippen LogP contribution in [0.4, 0.5) is 0 Å². The van der Waals surface area contributed by atoms with Crippen molar-refractivity contribution < 1.29 is 20.3 Å². The molecule has 0 bridgehead atoms. The molecular weight excluding hydrogens is 379 g/mol. The number of rotatable bonds is 4. The average Bonchev–Trinajstić information content (AvgIpc) is 3.30.